The molecule has 3 N–H and O–H groups in total. The Hall–Kier alpha value is -2.94. The van der Waals surface area contributed by atoms with E-state index in [-0.39, 0.29) is 5.82 Å². The quantitative estimate of drug-likeness (QED) is 0.630. The number of halogens is 3. The lowest BCUT2D eigenvalue weighted by atomic mass is 10.1. The fourth-order valence-corrected chi connectivity index (χ4v) is 2.28. The summed E-state index contributed by atoms with van der Waals surface area (Å²) in [6, 6.07) is 4.30. The molecule has 0 saturated carbocycles. The van der Waals surface area contributed by atoms with Gasteiger partial charge in [0.15, 0.2) is 23.3 Å². The van der Waals surface area contributed by atoms with Crippen molar-refractivity contribution >= 4 is 11.6 Å². The standard InChI is InChI=1S/C16H14F3N5O/c1-7-3-13(21-14-4-8(2)23-24-14)22-16(20-7)15(25)9-5-11(18)12(19)6-10(9)17/h3-6,15,25H,1-2H3,(H2,20,21,22,23,24). The van der Waals surface area contributed by atoms with Crippen molar-refractivity contribution in [2.24, 2.45) is 0 Å². The summed E-state index contributed by atoms with van der Waals surface area (Å²) < 4.78 is 40.3. The van der Waals surface area contributed by atoms with Gasteiger partial charge in [-0.1, -0.05) is 0 Å². The summed E-state index contributed by atoms with van der Waals surface area (Å²) in [5.41, 5.74) is 0.866. The molecule has 9 heteroatoms. The minimum absolute atomic E-state index is 0.153. The molecule has 130 valence electrons. The van der Waals surface area contributed by atoms with Gasteiger partial charge in [0.25, 0.3) is 0 Å². The SMILES string of the molecule is Cc1cc(Nc2cc(C)[nH]n2)nc(C(O)c2cc(F)c(F)cc2F)n1. The Morgan fingerprint density at radius 1 is 0.960 bits per heavy atom. The highest BCUT2D eigenvalue weighted by Crippen LogP contribution is 2.25. The number of aromatic nitrogens is 4. The van der Waals surface area contributed by atoms with Gasteiger partial charge >= 0.3 is 0 Å². The molecule has 0 spiro atoms. The van der Waals surface area contributed by atoms with Crippen LogP contribution in [0.25, 0.3) is 0 Å². The van der Waals surface area contributed by atoms with Crippen molar-refractivity contribution in [2.45, 2.75) is 20.0 Å². The van der Waals surface area contributed by atoms with Crippen LogP contribution >= 0.6 is 0 Å². The third kappa shape index (κ3) is 3.61. The lowest BCUT2D eigenvalue weighted by Gasteiger charge is -2.13. The lowest BCUT2D eigenvalue weighted by Crippen LogP contribution is -2.11. The van der Waals surface area contributed by atoms with Crippen LogP contribution in [0.3, 0.4) is 0 Å². The number of aromatic amines is 1. The molecule has 0 bridgehead atoms. The molecule has 1 unspecified atom stereocenters. The van der Waals surface area contributed by atoms with Crippen molar-refractivity contribution < 1.29 is 18.3 Å². The van der Waals surface area contributed by atoms with E-state index in [2.05, 4.69) is 25.5 Å². The summed E-state index contributed by atoms with van der Waals surface area (Å²) in [7, 11) is 0. The summed E-state index contributed by atoms with van der Waals surface area (Å²) in [5.74, 6) is -3.04. The molecule has 3 aromatic rings. The number of nitrogens with one attached hydrogen (secondary N) is 2. The molecule has 6 nitrogen and oxygen atoms in total. The third-order valence-electron chi connectivity index (χ3n) is 3.41. The molecular weight excluding hydrogens is 335 g/mol. The van der Waals surface area contributed by atoms with Gasteiger partial charge in [0.1, 0.15) is 17.7 Å². The Morgan fingerprint density at radius 3 is 2.36 bits per heavy atom. The molecule has 0 aliphatic carbocycles. The van der Waals surface area contributed by atoms with E-state index in [0.29, 0.717) is 29.5 Å². The predicted octanol–water partition coefficient (Wildman–Crippen LogP) is 3.06. The number of rotatable bonds is 4. The lowest BCUT2D eigenvalue weighted by molar-refractivity contribution is 0.203. The summed E-state index contributed by atoms with van der Waals surface area (Å²) in [5, 5.41) is 20.0. The molecule has 0 fully saturated rings. The first kappa shape index (κ1) is 16.9. The van der Waals surface area contributed by atoms with Gasteiger partial charge in [0, 0.05) is 35.2 Å². The van der Waals surface area contributed by atoms with E-state index >= 15 is 0 Å². The second-order valence-corrected chi connectivity index (χ2v) is 5.50. The van der Waals surface area contributed by atoms with Gasteiger partial charge in [-0.3, -0.25) is 5.10 Å². The zero-order chi connectivity index (χ0) is 18.1. The van der Waals surface area contributed by atoms with E-state index in [9.17, 15) is 18.3 Å². The molecule has 0 radical (unpaired) electrons. The van der Waals surface area contributed by atoms with Crippen LogP contribution in [0.5, 0.6) is 0 Å². The predicted molar refractivity (Wildman–Crippen MR) is 83.8 cm³/mol. The van der Waals surface area contributed by atoms with Gasteiger partial charge in [0.2, 0.25) is 0 Å². The second kappa shape index (κ2) is 6.52. The van der Waals surface area contributed by atoms with Crippen molar-refractivity contribution in [3.63, 3.8) is 0 Å². The zero-order valence-corrected chi connectivity index (χ0v) is 13.3. The largest absolute Gasteiger partial charge is 0.380 e. The van der Waals surface area contributed by atoms with Crippen molar-refractivity contribution in [2.75, 3.05) is 5.32 Å². The highest BCUT2D eigenvalue weighted by atomic mass is 19.2. The first-order valence-corrected chi connectivity index (χ1v) is 7.30. The summed E-state index contributed by atoms with van der Waals surface area (Å²) in [6.45, 7) is 3.48. The fourth-order valence-electron chi connectivity index (χ4n) is 2.28. The fraction of sp³-hybridized carbons (Fsp3) is 0.188. The van der Waals surface area contributed by atoms with Gasteiger partial charge in [-0.2, -0.15) is 5.10 Å². The number of benzene rings is 1. The minimum Gasteiger partial charge on any atom is -0.380 e. The van der Waals surface area contributed by atoms with Crippen LogP contribution in [-0.4, -0.2) is 25.3 Å². The Bertz CT molecular complexity index is 928. The Labute approximate surface area is 140 Å². The van der Waals surface area contributed by atoms with E-state index < -0.39 is 29.1 Å². The van der Waals surface area contributed by atoms with Gasteiger partial charge in [-0.05, 0) is 19.9 Å². The number of aliphatic hydroxyl groups is 1. The Kier molecular flexibility index (Phi) is 4.41. The number of aliphatic hydroxyl groups excluding tert-OH is 1. The van der Waals surface area contributed by atoms with Gasteiger partial charge in [-0.25, -0.2) is 23.1 Å². The van der Waals surface area contributed by atoms with E-state index in [4.69, 9.17) is 0 Å². The van der Waals surface area contributed by atoms with E-state index in [1.807, 2.05) is 6.92 Å². The highest BCUT2D eigenvalue weighted by molar-refractivity contribution is 5.52. The first-order valence-electron chi connectivity index (χ1n) is 7.30. The molecule has 25 heavy (non-hydrogen) atoms. The number of anilines is 2. The van der Waals surface area contributed by atoms with Crippen LogP contribution in [0.2, 0.25) is 0 Å². The zero-order valence-electron chi connectivity index (χ0n) is 13.3. The molecular formula is C16H14F3N5O. The number of aryl methyl sites for hydroxylation is 2. The van der Waals surface area contributed by atoms with Crippen molar-refractivity contribution in [1.82, 2.24) is 20.2 Å². The van der Waals surface area contributed by atoms with Crippen LogP contribution in [-0.2, 0) is 0 Å². The molecule has 0 amide bonds. The summed E-state index contributed by atoms with van der Waals surface area (Å²) in [6.07, 6.45) is -1.66. The maximum atomic E-state index is 13.9. The van der Waals surface area contributed by atoms with Crippen LogP contribution in [0, 0.1) is 31.3 Å². The number of hydrogen-bond donors (Lipinski definition) is 3. The number of nitrogens with zero attached hydrogens (tertiary/aromatic N) is 3. The van der Waals surface area contributed by atoms with Crippen LogP contribution < -0.4 is 5.32 Å². The number of hydrogen-bond acceptors (Lipinski definition) is 5. The topological polar surface area (TPSA) is 86.7 Å². The van der Waals surface area contributed by atoms with E-state index in [1.165, 1.54) is 0 Å². The molecule has 0 saturated heterocycles. The Morgan fingerprint density at radius 2 is 1.68 bits per heavy atom. The van der Waals surface area contributed by atoms with E-state index in [1.54, 1.807) is 19.1 Å². The molecule has 2 heterocycles. The normalized spacial score (nSPS) is 12.2. The minimum atomic E-state index is -1.66. The van der Waals surface area contributed by atoms with Crippen molar-refractivity contribution in [1.29, 1.82) is 0 Å². The smallest absolute Gasteiger partial charge is 0.164 e. The second-order valence-electron chi connectivity index (χ2n) is 5.50. The van der Waals surface area contributed by atoms with E-state index in [0.717, 1.165) is 5.69 Å². The number of H-pyrrole nitrogens is 1. The average molecular weight is 349 g/mol. The monoisotopic (exact) mass is 349 g/mol. The average Bonchev–Trinajstić information content (AvgIpc) is 2.94. The Balaban J connectivity index is 1.95. The molecule has 0 aliphatic rings. The summed E-state index contributed by atoms with van der Waals surface area (Å²) in [4.78, 5) is 8.14. The molecule has 3 rings (SSSR count). The first-order chi connectivity index (χ1) is 11.8. The van der Waals surface area contributed by atoms with Crippen LogP contribution in [0.15, 0.2) is 24.3 Å². The van der Waals surface area contributed by atoms with Crippen molar-refractivity contribution in [3.05, 3.63) is 64.5 Å². The molecule has 1 atom stereocenters. The highest BCUT2D eigenvalue weighted by Gasteiger charge is 2.21. The summed E-state index contributed by atoms with van der Waals surface area (Å²) >= 11 is 0. The maximum Gasteiger partial charge on any atom is 0.164 e. The van der Waals surface area contributed by atoms with Gasteiger partial charge in [-0.15, -0.1) is 0 Å². The molecule has 1 aromatic carbocycles. The maximum absolute atomic E-state index is 13.9. The third-order valence-corrected chi connectivity index (χ3v) is 3.41. The van der Waals surface area contributed by atoms with Crippen LogP contribution in [0.4, 0.5) is 24.8 Å². The van der Waals surface area contributed by atoms with Gasteiger partial charge < -0.3 is 10.4 Å². The molecule has 2 aromatic heterocycles. The molecule has 0 aliphatic heterocycles. The van der Waals surface area contributed by atoms with Crippen LogP contribution in [0.1, 0.15) is 28.9 Å². The van der Waals surface area contributed by atoms with Crippen molar-refractivity contribution in [3.8, 4) is 0 Å². The van der Waals surface area contributed by atoms with Gasteiger partial charge in [0.05, 0.1) is 0 Å².